The van der Waals surface area contributed by atoms with Crippen molar-refractivity contribution in [2.24, 2.45) is 0 Å². The van der Waals surface area contributed by atoms with E-state index >= 15 is 0 Å². The van der Waals surface area contributed by atoms with Gasteiger partial charge in [0.15, 0.2) is 0 Å². The van der Waals surface area contributed by atoms with E-state index in [1.807, 2.05) is 0 Å². The summed E-state index contributed by atoms with van der Waals surface area (Å²) in [6.07, 6.45) is 0.711. The van der Waals surface area contributed by atoms with Gasteiger partial charge in [0.05, 0.1) is 4.83 Å². The Morgan fingerprint density at radius 2 is 1.86 bits per heavy atom. The summed E-state index contributed by atoms with van der Waals surface area (Å²) in [7, 11) is 0. The van der Waals surface area contributed by atoms with Crippen LogP contribution in [0.4, 0.5) is 8.78 Å². The Labute approximate surface area is 88.0 Å². The van der Waals surface area contributed by atoms with Crippen molar-refractivity contribution in [3.63, 3.8) is 0 Å². The van der Waals surface area contributed by atoms with Crippen molar-refractivity contribution in [3.05, 3.63) is 29.8 Å². The highest BCUT2D eigenvalue weighted by Gasteiger charge is 2.07. The van der Waals surface area contributed by atoms with Gasteiger partial charge in [-0.3, -0.25) is 0 Å². The number of carbonyl (C=O) groups is 1. The molecule has 1 aromatic carbocycles. The Hall–Kier alpha value is -0.970. The molecule has 1 atom stereocenters. The van der Waals surface area contributed by atoms with E-state index in [4.69, 9.17) is 0 Å². The first-order valence-corrected chi connectivity index (χ1v) is 4.69. The molecule has 0 fully saturated rings. The van der Waals surface area contributed by atoms with Crippen molar-refractivity contribution in [1.29, 1.82) is 0 Å². The molecule has 2 nitrogen and oxygen atoms in total. The van der Waals surface area contributed by atoms with Crippen LogP contribution in [0, 0.1) is 0 Å². The van der Waals surface area contributed by atoms with Gasteiger partial charge in [0, 0.05) is 0 Å². The molecular formula is C9H7BrF2O2. The highest BCUT2D eigenvalue weighted by atomic mass is 79.9. The molecule has 5 heteroatoms. The molecule has 0 amide bonds. The molecule has 1 aromatic rings. The number of rotatable bonds is 4. The average molecular weight is 265 g/mol. The second-order valence-electron chi connectivity index (χ2n) is 2.49. The van der Waals surface area contributed by atoms with Crippen LogP contribution in [0.3, 0.4) is 0 Å². The maximum atomic E-state index is 11.8. The van der Waals surface area contributed by atoms with Gasteiger partial charge in [-0.05, 0) is 17.7 Å². The molecule has 0 aliphatic rings. The molecule has 0 saturated heterocycles. The van der Waals surface area contributed by atoms with E-state index in [-0.39, 0.29) is 5.75 Å². The quantitative estimate of drug-likeness (QED) is 0.618. The first kappa shape index (κ1) is 11.1. The summed E-state index contributed by atoms with van der Waals surface area (Å²) in [5.74, 6) is 0.0781. The van der Waals surface area contributed by atoms with Crippen LogP contribution in [0.25, 0.3) is 0 Å². The van der Waals surface area contributed by atoms with Gasteiger partial charge in [-0.2, -0.15) is 8.78 Å². The zero-order valence-corrected chi connectivity index (χ0v) is 8.58. The molecule has 76 valence electrons. The minimum absolute atomic E-state index is 0.0781. The summed E-state index contributed by atoms with van der Waals surface area (Å²) in [5, 5.41) is 0. The van der Waals surface area contributed by atoms with Gasteiger partial charge in [0.1, 0.15) is 12.0 Å². The summed E-state index contributed by atoms with van der Waals surface area (Å²) < 4.78 is 27.7. The number of benzene rings is 1. The van der Waals surface area contributed by atoms with Gasteiger partial charge in [0.2, 0.25) is 0 Å². The lowest BCUT2D eigenvalue weighted by atomic mass is 10.2. The van der Waals surface area contributed by atoms with Crippen LogP contribution in [0.5, 0.6) is 5.75 Å². The Morgan fingerprint density at radius 1 is 1.29 bits per heavy atom. The van der Waals surface area contributed by atoms with E-state index in [0.717, 1.165) is 0 Å². The summed E-state index contributed by atoms with van der Waals surface area (Å²) in [4.78, 5) is 9.96. The van der Waals surface area contributed by atoms with E-state index in [9.17, 15) is 13.6 Å². The van der Waals surface area contributed by atoms with E-state index in [1.54, 1.807) is 12.1 Å². The molecule has 0 radical (unpaired) electrons. The molecule has 1 unspecified atom stereocenters. The van der Waals surface area contributed by atoms with Crippen LogP contribution in [0.2, 0.25) is 0 Å². The minimum atomic E-state index is -2.83. The van der Waals surface area contributed by atoms with E-state index in [1.165, 1.54) is 12.1 Å². The Kier molecular flexibility index (Phi) is 4.00. The summed E-state index contributed by atoms with van der Waals surface area (Å²) in [6, 6.07) is 5.87. The fraction of sp³-hybridized carbons (Fsp3) is 0.222. The Morgan fingerprint density at radius 3 is 2.29 bits per heavy atom. The van der Waals surface area contributed by atoms with Crippen LogP contribution < -0.4 is 4.74 Å². The van der Waals surface area contributed by atoms with Crippen molar-refractivity contribution in [2.45, 2.75) is 11.4 Å². The van der Waals surface area contributed by atoms with Crippen LogP contribution >= 0.6 is 15.9 Å². The topological polar surface area (TPSA) is 26.3 Å². The van der Waals surface area contributed by atoms with E-state index in [2.05, 4.69) is 20.7 Å². The van der Waals surface area contributed by atoms with E-state index in [0.29, 0.717) is 11.8 Å². The van der Waals surface area contributed by atoms with Gasteiger partial charge < -0.3 is 9.53 Å². The summed E-state index contributed by atoms with van der Waals surface area (Å²) in [5.41, 5.74) is 0.696. The number of halogens is 3. The van der Waals surface area contributed by atoms with Crippen molar-refractivity contribution >= 4 is 22.2 Å². The molecule has 0 heterocycles. The molecule has 1 rings (SSSR count). The van der Waals surface area contributed by atoms with Crippen LogP contribution in [0.15, 0.2) is 24.3 Å². The fourth-order valence-corrected chi connectivity index (χ4v) is 1.22. The normalized spacial score (nSPS) is 12.6. The standard InChI is InChI=1S/C9H7BrF2O2/c10-8(5-13)6-1-3-7(4-2-6)14-9(11)12/h1-5,8-9H. The molecule has 0 bridgehead atoms. The zero-order valence-electron chi connectivity index (χ0n) is 6.99. The largest absolute Gasteiger partial charge is 0.435 e. The highest BCUT2D eigenvalue weighted by molar-refractivity contribution is 9.09. The molecule has 0 N–H and O–H groups in total. The van der Waals surface area contributed by atoms with E-state index < -0.39 is 11.4 Å². The van der Waals surface area contributed by atoms with Gasteiger partial charge in [0.25, 0.3) is 0 Å². The van der Waals surface area contributed by atoms with Crippen LogP contribution in [-0.4, -0.2) is 12.9 Å². The monoisotopic (exact) mass is 264 g/mol. The number of hydrogen-bond acceptors (Lipinski definition) is 2. The zero-order chi connectivity index (χ0) is 10.6. The van der Waals surface area contributed by atoms with Crippen LogP contribution in [0.1, 0.15) is 10.4 Å². The molecule has 0 aliphatic carbocycles. The first-order chi connectivity index (χ1) is 6.63. The molecule has 0 aliphatic heterocycles. The second-order valence-corrected chi connectivity index (χ2v) is 3.47. The number of aldehydes is 1. The molecule has 0 spiro atoms. The van der Waals surface area contributed by atoms with Gasteiger partial charge in [-0.25, -0.2) is 0 Å². The fourth-order valence-electron chi connectivity index (χ4n) is 0.912. The lowest BCUT2D eigenvalue weighted by Crippen LogP contribution is -2.01. The number of carbonyl (C=O) groups excluding carboxylic acids is 1. The van der Waals surface area contributed by atoms with Crippen molar-refractivity contribution in [3.8, 4) is 5.75 Å². The second kappa shape index (κ2) is 5.05. The SMILES string of the molecule is O=CC(Br)c1ccc(OC(F)F)cc1. The molecule has 0 saturated carbocycles. The number of alkyl halides is 3. The third kappa shape index (κ3) is 3.06. The molecule has 0 aromatic heterocycles. The Bertz CT molecular complexity index is 300. The average Bonchev–Trinajstić information content (AvgIpc) is 2.17. The third-order valence-corrected chi connectivity index (χ3v) is 2.29. The third-order valence-electron chi connectivity index (χ3n) is 1.54. The number of hydrogen-bond donors (Lipinski definition) is 0. The minimum Gasteiger partial charge on any atom is -0.435 e. The first-order valence-electron chi connectivity index (χ1n) is 3.77. The van der Waals surface area contributed by atoms with Crippen molar-refractivity contribution in [2.75, 3.05) is 0 Å². The predicted molar refractivity (Wildman–Crippen MR) is 50.8 cm³/mol. The maximum absolute atomic E-state index is 11.8. The van der Waals surface area contributed by atoms with Gasteiger partial charge in [-0.15, -0.1) is 0 Å². The lowest BCUT2D eigenvalue weighted by Gasteiger charge is -2.06. The Balaban J connectivity index is 2.73. The smallest absolute Gasteiger partial charge is 0.387 e. The molecule has 14 heavy (non-hydrogen) atoms. The molecular weight excluding hydrogens is 258 g/mol. The lowest BCUT2D eigenvalue weighted by molar-refractivity contribution is -0.107. The maximum Gasteiger partial charge on any atom is 0.387 e. The summed E-state index contributed by atoms with van der Waals surface area (Å²) in [6.45, 7) is -2.83. The number of ether oxygens (including phenoxy) is 1. The van der Waals surface area contributed by atoms with Gasteiger partial charge >= 0.3 is 6.61 Å². The van der Waals surface area contributed by atoms with Gasteiger partial charge in [-0.1, -0.05) is 28.1 Å². The summed E-state index contributed by atoms with van der Waals surface area (Å²) >= 11 is 3.10. The highest BCUT2D eigenvalue weighted by Crippen LogP contribution is 2.23. The van der Waals surface area contributed by atoms with Crippen molar-refractivity contribution in [1.82, 2.24) is 0 Å². The van der Waals surface area contributed by atoms with Crippen LogP contribution in [-0.2, 0) is 4.79 Å². The predicted octanol–water partition coefficient (Wildman–Crippen LogP) is 2.92. The van der Waals surface area contributed by atoms with Crippen molar-refractivity contribution < 1.29 is 18.3 Å².